The molecule has 3 rings (SSSR count). The number of fused-ring (bicyclic) bond motifs is 1. The molecule has 0 radical (unpaired) electrons. The highest BCUT2D eigenvalue weighted by molar-refractivity contribution is 6.01. The van der Waals surface area contributed by atoms with E-state index in [-0.39, 0.29) is 29.2 Å². The van der Waals surface area contributed by atoms with E-state index in [0.29, 0.717) is 5.76 Å². The number of furan rings is 1. The van der Waals surface area contributed by atoms with Crippen LogP contribution in [0.25, 0.3) is 0 Å². The van der Waals surface area contributed by atoms with Gasteiger partial charge in [-0.2, -0.15) is 0 Å². The normalized spacial score (nSPS) is 18.3. The van der Waals surface area contributed by atoms with Crippen LogP contribution in [0.2, 0.25) is 0 Å². The third-order valence-corrected chi connectivity index (χ3v) is 2.87. The van der Waals surface area contributed by atoms with Crippen molar-refractivity contribution in [3.8, 4) is 5.75 Å². The van der Waals surface area contributed by atoms with Gasteiger partial charge in [-0.25, -0.2) is 4.39 Å². The number of benzene rings is 1. The number of rotatable bonds is 1. The van der Waals surface area contributed by atoms with Gasteiger partial charge in [0.2, 0.25) is 0 Å². The van der Waals surface area contributed by atoms with Crippen LogP contribution in [0.3, 0.4) is 0 Å². The van der Waals surface area contributed by atoms with Crippen molar-refractivity contribution >= 4 is 11.5 Å². The Labute approximate surface area is 102 Å². The zero-order chi connectivity index (χ0) is 12.7. The first-order chi connectivity index (χ1) is 8.65. The summed E-state index contributed by atoms with van der Waals surface area (Å²) >= 11 is 0. The molecule has 0 bridgehead atoms. The summed E-state index contributed by atoms with van der Waals surface area (Å²) in [5.41, 5.74) is 5.98. The highest BCUT2D eigenvalue weighted by atomic mass is 19.1. The fourth-order valence-corrected chi connectivity index (χ4v) is 2.05. The Balaban J connectivity index is 2.05. The van der Waals surface area contributed by atoms with Gasteiger partial charge in [-0.05, 0) is 18.2 Å². The molecule has 2 aromatic rings. The van der Waals surface area contributed by atoms with Gasteiger partial charge in [-0.1, -0.05) is 0 Å². The standard InChI is InChI=1S/C13H10FNO3/c14-7-4-8-10(16)6-12(11-2-1-3-17-11)18-13(8)9(15)5-7/h1-5,12H,6,15H2. The summed E-state index contributed by atoms with van der Waals surface area (Å²) in [5.74, 6) is 0.0373. The van der Waals surface area contributed by atoms with Crippen LogP contribution < -0.4 is 10.5 Å². The minimum absolute atomic E-state index is 0.114. The topological polar surface area (TPSA) is 65.5 Å². The molecule has 1 aliphatic rings. The molecule has 2 N–H and O–H groups in total. The van der Waals surface area contributed by atoms with Gasteiger partial charge in [-0.3, -0.25) is 4.79 Å². The number of hydrogen-bond donors (Lipinski definition) is 1. The largest absolute Gasteiger partial charge is 0.479 e. The zero-order valence-corrected chi connectivity index (χ0v) is 9.35. The summed E-state index contributed by atoms with van der Waals surface area (Å²) in [6.07, 6.45) is 1.11. The fourth-order valence-electron chi connectivity index (χ4n) is 2.05. The Morgan fingerprint density at radius 3 is 2.94 bits per heavy atom. The van der Waals surface area contributed by atoms with Crippen LogP contribution in [0.5, 0.6) is 5.75 Å². The lowest BCUT2D eigenvalue weighted by molar-refractivity contribution is 0.0818. The Kier molecular flexibility index (Phi) is 2.33. The van der Waals surface area contributed by atoms with Crippen molar-refractivity contribution in [2.24, 2.45) is 0 Å². The van der Waals surface area contributed by atoms with Crippen molar-refractivity contribution in [2.45, 2.75) is 12.5 Å². The molecule has 0 amide bonds. The van der Waals surface area contributed by atoms with E-state index in [0.717, 1.165) is 12.1 Å². The van der Waals surface area contributed by atoms with E-state index in [2.05, 4.69) is 0 Å². The maximum atomic E-state index is 13.2. The van der Waals surface area contributed by atoms with Crippen molar-refractivity contribution in [3.63, 3.8) is 0 Å². The second kappa shape index (κ2) is 3.87. The molecule has 18 heavy (non-hydrogen) atoms. The first kappa shape index (κ1) is 10.8. The molecule has 1 aromatic carbocycles. The van der Waals surface area contributed by atoms with Crippen LogP contribution in [0.15, 0.2) is 34.9 Å². The molecule has 0 spiro atoms. The van der Waals surface area contributed by atoms with Crippen molar-refractivity contribution < 1.29 is 18.3 Å². The summed E-state index contributed by atoms with van der Waals surface area (Å²) in [5, 5.41) is 0. The van der Waals surface area contributed by atoms with Crippen LogP contribution in [0, 0.1) is 5.82 Å². The summed E-state index contributed by atoms with van der Waals surface area (Å²) in [7, 11) is 0. The summed E-state index contributed by atoms with van der Waals surface area (Å²) in [6, 6.07) is 5.72. The predicted octanol–water partition coefficient (Wildman–Crippen LogP) is 2.71. The molecule has 1 unspecified atom stereocenters. The summed E-state index contributed by atoms with van der Waals surface area (Å²) in [4.78, 5) is 12.0. The molecule has 0 fully saturated rings. The van der Waals surface area contributed by atoms with E-state index < -0.39 is 11.9 Å². The maximum Gasteiger partial charge on any atom is 0.170 e. The number of ether oxygens (including phenoxy) is 1. The van der Waals surface area contributed by atoms with E-state index in [1.165, 1.54) is 6.26 Å². The van der Waals surface area contributed by atoms with Crippen molar-refractivity contribution in [1.29, 1.82) is 0 Å². The lowest BCUT2D eigenvalue weighted by Gasteiger charge is -2.24. The number of anilines is 1. The van der Waals surface area contributed by atoms with Gasteiger partial charge in [0.05, 0.1) is 23.9 Å². The lowest BCUT2D eigenvalue weighted by Crippen LogP contribution is -2.21. The third kappa shape index (κ3) is 1.64. The zero-order valence-electron chi connectivity index (χ0n) is 9.35. The number of nitrogens with two attached hydrogens (primary N) is 1. The van der Waals surface area contributed by atoms with Gasteiger partial charge in [0, 0.05) is 6.07 Å². The SMILES string of the molecule is Nc1cc(F)cc2c1OC(c1ccco1)CC2=O. The third-order valence-electron chi connectivity index (χ3n) is 2.87. The van der Waals surface area contributed by atoms with Crippen molar-refractivity contribution in [2.75, 3.05) is 5.73 Å². The Morgan fingerprint density at radius 2 is 2.22 bits per heavy atom. The molecule has 0 saturated heterocycles. The van der Waals surface area contributed by atoms with Gasteiger partial charge in [0.15, 0.2) is 17.6 Å². The average Bonchev–Trinajstić information content (AvgIpc) is 2.83. The number of ketones is 1. The quantitative estimate of drug-likeness (QED) is 0.787. The lowest BCUT2D eigenvalue weighted by atomic mass is 9.98. The fraction of sp³-hybridized carbons (Fsp3) is 0.154. The monoisotopic (exact) mass is 247 g/mol. The van der Waals surface area contributed by atoms with E-state index in [9.17, 15) is 9.18 Å². The van der Waals surface area contributed by atoms with Gasteiger partial charge in [-0.15, -0.1) is 0 Å². The van der Waals surface area contributed by atoms with Gasteiger partial charge in [0.25, 0.3) is 0 Å². The smallest absolute Gasteiger partial charge is 0.170 e. The molecule has 0 aliphatic carbocycles. The number of nitrogen functional groups attached to an aromatic ring is 1. The molecule has 0 saturated carbocycles. The number of Topliss-reactive ketones (excluding diaryl/α,β-unsaturated/α-hetero) is 1. The highest BCUT2D eigenvalue weighted by Crippen LogP contribution is 2.39. The molecule has 1 aromatic heterocycles. The van der Waals surface area contributed by atoms with Crippen LogP contribution in [0.1, 0.15) is 28.6 Å². The molecule has 1 aliphatic heterocycles. The average molecular weight is 247 g/mol. The Hall–Kier alpha value is -2.30. The van der Waals surface area contributed by atoms with Gasteiger partial charge >= 0.3 is 0 Å². The van der Waals surface area contributed by atoms with E-state index in [1.807, 2.05) is 0 Å². The van der Waals surface area contributed by atoms with Crippen LogP contribution in [0.4, 0.5) is 10.1 Å². The second-order valence-corrected chi connectivity index (χ2v) is 4.12. The number of hydrogen-bond acceptors (Lipinski definition) is 4. The van der Waals surface area contributed by atoms with Crippen molar-refractivity contribution in [1.82, 2.24) is 0 Å². The minimum atomic E-state index is -0.542. The molecule has 92 valence electrons. The molecule has 5 heteroatoms. The van der Waals surface area contributed by atoms with E-state index in [1.54, 1.807) is 12.1 Å². The Bertz CT molecular complexity index is 607. The second-order valence-electron chi connectivity index (χ2n) is 4.12. The Morgan fingerprint density at radius 1 is 1.39 bits per heavy atom. The van der Waals surface area contributed by atoms with E-state index in [4.69, 9.17) is 14.9 Å². The molecule has 4 nitrogen and oxygen atoms in total. The maximum absolute atomic E-state index is 13.2. The summed E-state index contributed by atoms with van der Waals surface area (Å²) in [6.45, 7) is 0. The summed E-state index contributed by atoms with van der Waals surface area (Å²) < 4.78 is 24.0. The predicted molar refractivity (Wildman–Crippen MR) is 61.8 cm³/mol. The highest BCUT2D eigenvalue weighted by Gasteiger charge is 2.31. The first-order valence-electron chi connectivity index (χ1n) is 5.47. The molecule has 1 atom stereocenters. The van der Waals surface area contributed by atoms with Crippen LogP contribution in [-0.4, -0.2) is 5.78 Å². The first-order valence-corrected chi connectivity index (χ1v) is 5.47. The van der Waals surface area contributed by atoms with E-state index >= 15 is 0 Å². The minimum Gasteiger partial charge on any atom is -0.479 e. The number of halogens is 1. The van der Waals surface area contributed by atoms with Gasteiger partial charge < -0.3 is 14.9 Å². The van der Waals surface area contributed by atoms with Crippen molar-refractivity contribution in [3.05, 3.63) is 47.7 Å². The number of carbonyl (C=O) groups excluding carboxylic acids is 1. The van der Waals surface area contributed by atoms with Crippen LogP contribution in [-0.2, 0) is 0 Å². The van der Waals surface area contributed by atoms with Crippen LogP contribution >= 0.6 is 0 Å². The van der Waals surface area contributed by atoms with Gasteiger partial charge in [0.1, 0.15) is 11.6 Å². The molecule has 2 heterocycles. The molecular weight excluding hydrogens is 237 g/mol. The number of carbonyl (C=O) groups is 1. The molecular formula is C13H10FNO3.